The summed E-state index contributed by atoms with van der Waals surface area (Å²) < 4.78 is 46.9. The SMILES string of the molecule is CCCCNN(c1ccc(/C=C\c2ccc(-c3c4cc(Cl)c(=O)cc-4oc4cc(OCl)c(Cl)cc34)c(S(=O)(=O)O)c2)cc1)C(N)CCC. The Hall–Kier alpha value is -3.61. The first-order valence-electron chi connectivity index (χ1n) is 15.3. The molecular formula is C35H34Cl3N3O6S. The molecule has 3 aromatic rings. The van der Waals surface area contributed by atoms with Crippen LogP contribution in [0.5, 0.6) is 5.75 Å². The van der Waals surface area contributed by atoms with E-state index in [9.17, 15) is 17.8 Å². The van der Waals surface area contributed by atoms with Crippen molar-refractivity contribution in [3.05, 3.63) is 98.1 Å². The van der Waals surface area contributed by atoms with Gasteiger partial charge in [-0.25, -0.2) is 5.43 Å². The van der Waals surface area contributed by atoms with E-state index in [1.54, 1.807) is 18.2 Å². The topological polar surface area (TPSA) is 135 Å². The number of unbranched alkanes of at least 4 members (excludes halogenated alkanes) is 1. The van der Waals surface area contributed by atoms with Gasteiger partial charge < -0.3 is 14.4 Å². The van der Waals surface area contributed by atoms with Gasteiger partial charge in [-0.3, -0.25) is 14.4 Å². The number of halogens is 3. The zero-order chi connectivity index (χ0) is 34.6. The summed E-state index contributed by atoms with van der Waals surface area (Å²) in [5, 5.41) is 2.38. The van der Waals surface area contributed by atoms with Gasteiger partial charge in [0.05, 0.1) is 21.9 Å². The number of rotatable bonds is 13. The van der Waals surface area contributed by atoms with Crippen LogP contribution in [-0.4, -0.2) is 25.7 Å². The third-order valence-electron chi connectivity index (χ3n) is 7.83. The Balaban J connectivity index is 1.57. The normalized spacial score (nSPS) is 12.6. The van der Waals surface area contributed by atoms with Crippen molar-refractivity contribution in [3.8, 4) is 28.2 Å². The van der Waals surface area contributed by atoms with E-state index in [2.05, 4.69) is 19.3 Å². The fourth-order valence-electron chi connectivity index (χ4n) is 5.44. The number of hydrazine groups is 1. The molecule has 1 heterocycles. The predicted molar refractivity (Wildman–Crippen MR) is 195 cm³/mol. The lowest BCUT2D eigenvalue weighted by atomic mass is 9.93. The van der Waals surface area contributed by atoms with Gasteiger partial charge in [0.2, 0.25) is 5.43 Å². The molecule has 5 rings (SSSR count). The maximum atomic E-state index is 12.9. The number of hydrogen-bond acceptors (Lipinski definition) is 8. The van der Waals surface area contributed by atoms with Crippen molar-refractivity contribution in [1.82, 2.24) is 5.43 Å². The molecule has 0 saturated carbocycles. The van der Waals surface area contributed by atoms with E-state index in [0.29, 0.717) is 22.1 Å². The van der Waals surface area contributed by atoms with Gasteiger partial charge in [0.1, 0.15) is 28.1 Å². The number of nitrogens with two attached hydrogens (primary N) is 1. The Morgan fingerprint density at radius 2 is 1.67 bits per heavy atom. The lowest BCUT2D eigenvalue weighted by molar-refractivity contribution is 0.483. The average molecular weight is 731 g/mol. The Bertz CT molecular complexity index is 2100. The third kappa shape index (κ3) is 7.82. The number of hydrogen-bond donors (Lipinski definition) is 3. The molecule has 1 atom stereocenters. The predicted octanol–water partition coefficient (Wildman–Crippen LogP) is 9.02. The Morgan fingerprint density at radius 1 is 0.958 bits per heavy atom. The first-order chi connectivity index (χ1) is 22.9. The van der Waals surface area contributed by atoms with E-state index in [1.165, 1.54) is 30.3 Å². The van der Waals surface area contributed by atoms with Crippen LogP contribution in [0.25, 0.3) is 45.6 Å². The first kappa shape index (κ1) is 35.7. The summed E-state index contributed by atoms with van der Waals surface area (Å²) in [6.07, 6.45) is 7.28. The van der Waals surface area contributed by atoms with Crippen LogP contribution in [0.2, 0.25) is 10.0 Å². The molecule has 0 spiro atoms. The van der Waals surface area contributed by atoms with Gasteiger partial charge in [-0.2, -0.15) is 8.42 Å². The van der Waals surface area contributed by atoms with Gasteiger partial charge in [-0.1, -0.05) is 86.3 Å². The molecule has 1 aliphatic carbocycles. The highest BCUT2D eigenvalue weighted by Crippen LogP contribution is 2.45. The van der Waals surface area contributed by atoms with Crippen molar-refractivity contribution in [2.24, 2.45) is 5.73 Å². The van der Waals surface area contributed by atoms with E-state index in [1.807, 2.05) is 35.4 Å². The molecule has 13 heteroatoms. The van der Waals surface area contributed by atoms with Crippen LogP contribution >= 0.6 is 35.1 Å². The molecule has 1 aliphatic heterocycles. The summed E-state index contributed by atoms with van der Waals surface area (Å²) in [6, 6.07) is 18.0. The van der Waals surface area contributed by atoms with Gasteiger partial charge in [-0.15, -0.1) is 0 Å². The smallest absolute Gasteiger partial charge is 0.295 e. The molecule has 0 fully saturated rings. The molecule has 0 bridgehead atoms. The second-order valence-corrected chi connectivity index (χ2v) is 13.6. The maximum Gasteiger partial charge on any atom is 0.295 e. The van der Waals surface area contributed by atoms with Gasteiger partial charge in [0, 0.05) is 40.8 Å². The molecule has 0 radical (unpaired) electrons. The molecule has 2 aliphatic rings. The highest BCUT2D eigenvalue weighted by atomic mass is 35.5. The van der Waals surface area contributed by atoms with Crippen molar-refractivity contribution in [1.29, 1.82) is 0 Å². The Labute approximate surface area is 294 Å². The summed E-state index contributed by atoms with van der Waals surface area (Å²) in [5.41, 5.74) is 12.7. The molecule has 252 valence electrons. The minimum absolute atomic E-state index is 0.0870. The second kappa shape index (κ2) is 15.3. The van der Waals surface area contributed by atoms with Crippen LogP contribution in [0, 0.1) is 0 Å². The molecule has 48 heavy (non-hydrogen) atoms. The highest BCUT2D eigenvalue weighted by Gasteiger charge is 2.26. The number of anilines is 1. The zero-order valence-electron chi connectivity index (χ0n) is 26.2. The second-order valence-electron chi connectivity index (χ2n) is 11.3. The lowest BCUT2D eigenvalue weighted by Gasteiger charge is -2.31. The fourth-order valence-corrected chi connectivity index (χ4v) is 6.71. The largest absolute Gasteiger partial charge is 0.456 e. The van der Waals surface area contributed by atoms with E-state index < -0.39 is 15.5 Å². The summed E-state index contributed by atoms with van der Waals surface area (Å²) in [5.74, 6) is 0.210. The molecule has 9 nitrogen and oxygen atoms in total. The van der Waals surface area contributed by atoms with E-state index in [0.717, 1.165) is 43.5 Å². The molecule has 3 aromatic carbocycles. The van der Waals surface area contributed by atoms with Crippen LogP contribution in [0.3, 0.4) is 0 Å². The molecule has 0 saturated heterocycles. The van der Waals surface area contributed by atoms with Crippen LogP contribution in [0.4, 0.5) is 5.69 Å². The third-order valence-corrected chi connectivity index (χ3v) is 9.48. The van der Waals surface area contributed by atoms with Crippen molar-refractivity contribution in [3.63, 3.8) is 0 Å². The van der Waals surface area contributed by atoms with Crippen molar-refractivity contribution in [2.45, 2.75) is 50.6 Å². The molecule has 0 aromatic heterocycles. The summed E-state index contributed by atoms with van der Waals surface area (Å²) in [6.45, 7) is 5.05. The standard InChI is InChI=1S/C35H34Cl3N3O6S/c1-3-5-15-40-41(34(39)6-4-2)23-12-9-21(10-13-23)7-8-22-11-14-24(33(16-22)48(43,44)45)35-25-17-27(36)29(42)19-30(25)46-31-20-32(47-38)28(37)18-26(31)35/h7-14,16-20,34,40H,3-6,15,39H2,1-2H3,(H,43,44,45)/b8-7-. The minimum atomic E-state index is -4.77. The number of benzene rings is 4. The quantitative estimate of drug-likeness (QED) is 0.0271. The number of nitrogens with zero attached hydrogens (tertiary/aromatic N) is 1. The molecule has 1 unspecified atom stereocenters. The number of nitrogens with one attached hydrogen (secondary N) is 1. The Kier molecular flexibility index (Phi) is 11.4. The molecule has 0 amide bonds. The van der Waals surface area contributed by atoms with Crippen molar-refractivity contribution >= 4 is 74.0 Å². The number of fused-ring (bicyclic) bond motifs is 2. The highest BCUT2D eigenvalue weighted by molar-refractivity contribution is 7.86. The summed E-state index contributed by atoms with van der Waals surface area (Å²) in [7, 11) is -4.77. The Morgan fingerprint density at radius 3 is 2.33 bits per heavy atom. The van der Waals surface area contributed by atoms with Crippen LogP contribution in [0.1, 0.15) is 50.7 Å². The van der Waals surface area contributed by atoms with Gasteiger partial charge >= 0.3 is 0 Å². The molecule has 4 N–H and O–H groups in total. The van der Waals surface area contributed by atoms with Gasteiger partial charge in [0.25, 0.3) is 10.1 Å². The van der Waals surface area contributed by atoms with E-state index in [-0.39, 0.29) is 43.8 Å². The van der Waals surface area contributed by atoms with Crippen LogP contribution in [0.15, 0.2) is 80.8 Å². The van der Waals surface area contributed by atoms with E-state index >= 15 is 0 Å². The fraction of sp³-hybridized carbons (Fsp3) is 0.229. The minimum Gasteiger partial charge on any atom is -0.456 e. The average Bonchev–Trinajstić information content (AvgIpc) is 3.05. The van der Waals surface area contributed by atoms with E-state index in [4.69, 9.17) is 49.5 Å². The van der Waals surface area contributed by atoms with Gasteiger partial charge in [0.15, 0.2) is 5.75 Å². The van der Waals surface area contributed by atoms with Crippen LogP contribution in [-0.2, 0) is 10.1 Å². The van der Waals surface area contributed by atoms with Crippen LogP contribution < -0.4 is 25.9 Å². The monoisotopic (exact) mass is 729 g/mol. The molecular weight excluding hydrogens is 697 g/mol. The summed E-state index contributed by atoms with van der Waals surface area (Å²) >= 11 is 18.2. The first-order valence-corrected chi connectivity index (χ1v) is 17.8. The van der Waals surface area contributed by atoms with Crippen molar-refractivity contribution in [2.75, 3.05) is 11.6 Å². The maximum absolute atomic E-state index is 12.9. The van der Waals surface area contributed by atoms with Gasteiger partial charge in [-0.05, 0) is 54.3 Å². The van der Waals surface area contributed by atoms with Crippen molar-refractivity contribution < 1.29 is 21.7 Å². The zero-order valence-corrected chi connectivity index (χ0v) is 29.3. The lowest BCUT2D eigenvalue weighted by Crippen LogP contribution is -2.51. The summed E-state index contributed by atoms with van der Waals surface area (Å²) in [4.78, 5) is 12.0.